The van der Waals surface area contributed by atoms with E-state index in [-0.39, 0.29) is 17.7 Å². The van der Waals surface area contributed by atoms with Gasteiger partial charge in [0.2, 0.25) is 5.91 Å². The standard InChI is InChI=1S/C20H20BrN3O4/c1-28-20(27)14-6-4-13(5-7-14)19(26)24-10-2-3-15(12-24)18(25)23-17-9-8-16(21)11-22-17/h4-9,11,15H,2-3,10,12H2,1H3,(H,22,23,25). The minimum atomic E-state index is -0.449. The highest BCUT2D eigenvalue weighted by Gasteiger charge is 2.29. The normalized spacial score (nSPS) is 16.4. The van der Waals surface area contributed by atoms with Crippen LogP contribution in [-0.2, 0) is 9.53 Å². The summed E-state index contributed by atoms with van der Waals surface area (Å²) in [5, 5.41) is 2.80. The number of amides is 2. The Labute approximate surface area is 171 Å². The first-order valence-electron chi connectivity index (χ1n) is 8.88. The third-order valence-corrected chi connectivity index (χ3v) is 5.08. The highest BCUT2D eigenvalue weighted by Crippen LogP contribution is 2.21. The molecule has 0 saturated carbocycles. The monoisotopic (exact) mass is 445 g/mol. The molecule has 8 heteroatoms. The lowest BCUT2D eigenvalue weighted by molar-refractivity contribution is -0.121. The number of likely N-dealkylation sites (tertiary alicyclic amines) is 1. The number of carbonyl (C=O) groups is 3. The molecule has 28 heavy (non-hydrogen) atoms. The van der Waals surface area contributed by atoms with Crippen molar-refractivity contribution < 1.29 is 19.1 Å². The van der Waals surface area contributed by atoms with E-state index in [9.17, 15) is 14.4 Å². The molecule has 1 aromatic heterocycles. The molecule has 2 heterocycles. The maximum Gasteiger partial charge on any atom is 0.337 e. The van der Waals surface area contributed by atoms with Crippen molar-refractivity contribution in [2.24, 2.45) is 5.92 Å². The highest BCUT2D eigenvalue weighted by molar-refractivity contribution is 9.10. The van der Waals surface area contributed by atoms with E-state index in [1.54, 1.807) is 47.5 Å². The van der Waals surface area contributed by atoms with E-state index in [4.69, 9.17) is 0 Å². The van der Waals surface area contributed by atoms with Crippen LogP contribution in [0.25, 0.3) is 0 Å². The summed E-state index contributed by atoms with van der Waals surface area (Å²) < 4.78 is 5.49. The van der Waals surface area contributed by atoms with Crippen molar-refractivity contribution in [1.82, 2.24) is 9.88 Å². The van der Waals surface area contributed by atoms with Gasteiger partial charge in [-0.1, -0.05) is 0 Å². The molecule has 3 rings (SSSR count). The number of esters is 1. The lowest BCUT2D eigenvalue weighted by Crippen LogP contribution is -2.43. The average Bonchev–Trinajstić information content (AvgIpc) is 2.74. The van der Waals surface area contributed by atoms with Crippen molar-refractivity contribution in [3.63, 3.8) is 0 Å². The molecule has 1 unspecified atom stereocenters. The Balaban J connectivity index is 1.63. The van der Waals surface area contributed by atoms with E-state index in [1.807, 2.05) is 0 Å². The van der Waals surface area contributed by atoms with Crippen LogP contribution in [0.1, 0.15) is 33.6 Å². The van der Waals surface area contributed by atoms with E-state index in [2.05, 4.69) is 31.0 Å². The first-order chi connectivity index (χ1) is 13.5. The van der Waals surface area contributed by atoms with Gasteiger partial charge < -0.3 is 15.0 Å². The minimum absolute atomic E-state index is 0.145. The van der Waals surface area contributed by atoms with E-state index in [0.29, 0.717) is 36.5 Å². The second-order valence-corrected chi connectivity index (χ2v) is 7.43. The van der Waals surface area contributed by atoms with Crippen molar-refractivity contribution in [3.8, 4) is 0 Å². The molecule has 1 aliphatic rings. The highest BCUT2D eigenvalue weighted by atomic mass is 79.9. The van der Waals surface area contributed by atoms with Gasteiger partial charge >= 0.3 is 5.97 Å². The molecule has 0 bridgehead atoms. The third kappa shape index (κ3) is 4.75. The fourth-order valence-electron chi connectivity index (χ4n) is 3.10. The second-order valence-electron chi connectivity index (χ2n) is 6.51. The Kier molecular flexibility index (Phi) is 6.41. The molecule has 7 nitrogen and oxygen atoms in total. The maximum absolute atomic E-state index is 12.8. The number of piperidine rings is 1. The van der Waals surface area contributed by atoms with Crippen LogP contribution < -0.4 is 5.32 Å². The van der Waals surface area contributed by atoms with Crippen LogP contribution in [-0.4, -0.2) is 47.9 Å². The van der Waals surface area contributed by atoms with Gasteiger partial charge in [-0.15, -0.1) is 0 Å². The average molecular weight is 446 g/mol. The molecular weight excluding hydrogens is 426 g/mol. The van der Waals surface area contributed by atoms with Crippen LogP contribution in [0, 0.1) is 5.92 Å². The molecule has 0 spiro atoms. The summed E-state index contributed by atoms with van der Waals surface area (Å²) in [6.45, 7) is 0.942. The molecule has 1 atom stereocenters. The molecule has 2 amide bonds. The number of nitrogens with one attached hydrogen (secondary N) is 1. The summed E-state index contributed by atoms with van der Waals surface area (Å²) in [6, 6.07) is 9.85. The number of rotatable bonds is 4. The van der Waals surface area contributed by atoms with Gasteiger partial charge in [0, 0.05) is 29.3 Å². The molecule has 1 aliphatic heterocycles. The maximum atomic E-state index is 12.8. The summed E-state index contributed by atoms with van der Waals surface area (Å²) in [5.74, 6) is -0.563. The summed E-state index contributed by atoms with van der Waals surface area (Å²) in [5.41, 5.74) is 0.861. The summed E-state index contributed by atoms with van der Waals surface area (Å²) in [6.07, 6.45) is 3.08. The zero-order chi connectivity index (χ0) is 20.1. The van der Waals surface area contributed by atoms with Crippen LogP contribution >= 0.6 is 15.9 Å². The number of methoxy groups -OCH3 is 1. The number of aromatic nitrogens is 1. The third-order valence-electron chi connectivity index (χ3n) is 4.61. The van der Waals surface area contributed by atoms with Crippen molar-refractivity contribution >= 4 is 39.5 Å². The van der Waals surface area contributed by atoms with Crippen LogP contribution in [0.2, 0.25) is 0 Å². The SMILES string of the molecule is COC(=O)c1ccc(C(=O)N2CCCC(C(=O)Nc3ccc(Br)cn3)C2)cc1. The van der Waals surface area contributed by atoms with Crippen LogP contribution in [0.5, 0.6) is 0 Å². The van der Waals surface area contributed by atoms with Gasteiger partial charge in [0.05, 0.1) is 18.6 Å². The van der Waals surface area contributed by atoms with Gasteiger partial charge in [0.25, 0.3) is 5.91 Å². The van der Waals surface area contributed by atoms with Crippen LogP contribution in [0.4, 0.5) is 5.82 Å². The Hall–Kier alpha value is -2.74. The molecule has 146 valence electrons. The number of hydrogen-bond acceptors (Lipinski definition) is 5. The molecule has 1 fully saturated rings. The smallest absolute Gasteiger partial charge is 0.337 e. The molecular formula is C20H20BrN3O4. The molecule has 1 N–H and O–H groups in total. The summed E-state index contributed by atoms with van der Waals surface area (Å²) in [4.78, 5) is 42.7. The number of halogens is 1. The number of benzene rings is 1. The number of hydrogen-bond donors (Lipinski definition) is 1. The lowest BCUT2D eigenvalue weighted by atomic mass is 9.96. The fourth-order valence-corrected chi connectivity index (χ4v) is 3.34. The Morgan fingerprint density at radius 1 is 1.14 bits per heavy atom. The number of pyridine rings is 1. The topological polar surface area (TPSA) is 88.6 Å². The minimum Gasteiger partial charge on any atom is -0.465 e. The van der Waals surface area contributed by atoms with Crippen molar-refractivity contribution in [1.29, 1.82) is 0 Å². The van der Waals surface area contributed by atoms with E-state index >= 15 is 0 Å². The van der Waals surface area contributed by atoms with E-state index in [0.717, 1.165) is 10.9 Å². The van der Waals surface area contributed by atoms with Gasteiger partial charge in [0.1, 0.15) is 5.82 Å². The van der Waals surface area contributed by atoms with E-state index in [1.165, 1.54) is 7.11 Å². The van der Waals surface area contributed by atoms with Crippen molar-refractivity contribution in [3.05, 3.63) is 58.2 Å². The Morgan fingerprint density at radius 2 is 1.86 bits per heavy atom. The van der Waals surface area contributed by atoms with Crippen molar-refractivity contribution in [2.75, 3.05) is 25.5 Å². The van der Waals surface area contributed by atoms with Crippen molar-refractivity contribution in [2.45, 2.75) is 12.8 Å². The number of nitrogens with zero attached hydrogens (tertiary/aromatic N) is 2. The largest absolute Gasteiger partial charge is 0.465 e. The van der Waals surface area contributed by atoms with Gasteiger partial charge in [-0.05, 0) is 65.2 Å². The molecule has 1 saturated heterocycles. The summed E-state index contributed by atoms with van der Waals surface area (Å²) in [7, 11) is 1.31. The van der Waals surface area contributed by atoms with Crippen LogP contribution in [0.3, 0.4) is 0 Å². The molecule has 1 aromatic carbocycles. The number of carbonyl (C=O) groups excluding carboxylic acids is 3. The Morgan fingerprint density at radius 3 is 2.50 bits per heavy atom. The predicted molar refractivity (Wildman–Crippen MR) is 107 cm³/mol. The first-order valence-corrected chi connectivity index (χ1v) is 9.67. The predicted octanol–water partition coefficient (Wildman–Crippen LogP) is 3.12. The van der Waals surface area contributed by atoms with Crippen LogP contribution in [0.15, 0.2) is 47.1 Å². The molecule has 0 radical (unpaired) electrons. The molecule has 2 aromatic rings. The van der Waals surface area contributed by atoms with E-state index < -0.39 is 5.97 Å². The fraction of sp³-hybridized carbons (Fsp3) is 0.300. The van der Waals surface area contributed by atoms with Gasteiger partial charge in [0.15, 0.2) is 0 Å². The first kappa shape index (κ1) is 20.0. The number of ether oxygens (including phenoxy) is 1. The van der Waals surface area contributed by atoms with Gasteiger partial charge in [-0.3, -0.25) is 9.59 Å². The van der Waals surface area contributed by atoms with Gasteiger partial charge in [-0.2, -0.15) is 0 Å². The second kappa shape index (κ2) is 8.97. The Bertz CT molecular complexity index is 868. The molecule has 0 aliphatic carbocycles. The van der Waals surface area contributed by atoms with Gasteiger partial charge in [-0.25, -0.2) is 9.78 Å². The zero-order valence-electron chi connectivity index (χ0n) is 15.4. The lowest BCUT2D eigenvalue weighted by Gasteiger charge is -2.32. The zero-order valence-corrected chi connectivity index (χ0v) is 16.9. The number of anilines is 1. The quantitative estimate of drug-likeness (QED) is 0.730. The summed E-state index contributed by atoms with van der Waals surface area (Å²) >= 11 is 3.31.